The maximum atomic E-state index is 5.21. The van der Waals surface area contributed by atoms with Crippen LogP contribution in [0.3, 0.4) is 0 Å². The number of hydrogen-bond acceptors (Lipinski definition) is 4. The number of aryl methyl sites for hydroxylation is 1. The number of nitrogens with one attached hydrogen (secondary N) is 1. The van der Waals surface area contributed by atoms with Gasteiger partial charge in [-0.05, 0) is 19.8 Å². The van der Waals surface area contributed by atoms with E-state index in [0.29, 0.717) is 12.1 Å². The SMILES string of the molecule is COC1CC(Nc2nccnc2C)C1. The molecule has 0 spiro atoms. The van der Waals surface area contributed by atoms with Gasteiger partial charge in [0.1, 0.15) is 5.82 Å². The van der Waals surface area contributed by atoms with Gasteiger partial charge in [0.2, 0.25) is 0 Å². The Bertz CT molecular complexity index is 310. The first-order valence-electron chi connectivity index (χ1n) is 4.86. The first kappa shape index (κ1) is 9.40. The largest absolute Gasteiger partial charge is 0.381 e. The van der Waals surface area contributed by atoms with Crippen molar-refractivity contribution in [2.45, 2.75) is 31.9 Å². The van der Waals surface area contributed by atoms with Crippen LogP contribution in [0.5, 0.6) is 0 Å². The van der Waals surface area contributed by atoms with Crippen LogP contribution in [0.15, 0.2) is 12.4 Å². The van der Waals surface area contributed by atoms with Gasteiger partial charge in [0.15, 0.2) is 0 Å². The molecule has 4 nitrogen and oxygen atoms in total. The second-order valence-corrected chi connectivity index (χ2v) is 3.66. The third-order valence-electron chi connectivity index (χ3n) is 2.65. The Hall–Kier alpha value is -1.16. The fourth-order valence-electron chi connectivity index (χ4n) is 1.62. The zero-order valence-electron chi connectivity index (χ0n) is 8.53. The summed E-state index contributed by atoms with van der Waals surface area (Å²) in [4.78, 5) is 8.41. The highest BCUT2D eigenvalue weighted by molar-refractivity contribution is 5.40. The van der Waals surface area contributed by atoms with Crippen LogP contribution in [-0.2, 0) is 4.74 Å². The van der Waals surface area contributed by atoms with E-state index in [0.717, 1.165) is 24.4 Å². The normalized spacial score (nSPS) is 25.6. The summed E-state index contributed by atoms with van der Waals surface area (Å²) in [6.45, 7) is 1.96. The Balaban J connectivity index is 1.90. The minimum Gasteiger partial charge on any atom is -0.381 e. The van der Waals surface area contributed by atoms with Crippen LogP contribution in [0, 0.1) is 6.92 Å². The number of aromatic nitrogens is 2. The standard InChI is InChI=1S/C10H15N3O/c1-7-10(12-4-3-11-7)13-8-5-9(6-8)14-2/h3-4,8-9H,5-6H2,1-2H3,(H,12,13). The van der Waals surface area contributed by atoms with Gasteiger partial charge >= 0.3 is 0 Å². The molecule has 0 aliphatic heterocycles. The van der Waals surface area contributed by atoms with Gasteiger partial charge in [-0.2, -0.15) is 0 Å². The van der Waals surface area contributed by atoms with Crippen molar-refractivity contribution in [1.29, 1.82) is 0 Å². The Morgan fingerprint density at radius 1 is 1.36 bits per heavy atom. The average Bonchev–Trinajstić information content (AvgIpc) is 2.13. The molecule has 14 heavy (non-hydrogen) atoms. The molecule has 1 saturated carbocycles. The first-order valence-corrected chi connectivity index (χ1v) is 4.86. The zero-order valence-corrected chi connectivity index (χ0v) is 8.53. The monoisotopic (exact) mass is 193 g/mol. The predicted octanol–water partition coefficient (Wildman–Crippen LogP) is 1.37. The average molecular weight is 193 g/mol. The highest BCUT2D eigenvalue weighted by Crippen LogP contribution is 2.25. The van der Waals surface area contributed by atoms with Crippen LogP contribution in [0.2, 0.25) is 0 Å². The summed E-state index contributed by atoms with van der Waals surface area (Å²) in [5.74, 6) is 0.895. The van der Waals surface area contributed by atoms with Gasteiger partial charge < -0.3 is 10.1 Å². The summed E-state index contributed by atoms with van der Waals surface area (Å²) in [6, 6.07) is 0.496. The lowest BCUT2D eigenvalue weighted by atomic mass is 9.89. The minimum atomic E-state index is 0.421. The first-order chi connectivity index (χ1) is 6.79. The van der Waals surface area contributed by atoms with E-state index in [1.807, 2.05) is 6.92 Å². The Kier molecular flexibility index (Phi) is 2.63. The van der Waals surface area contributed by atoms with Gasteiger partial charge in [0, 0.05) is 25.5 Å². The van der Waals surface area contributed by atoms with E-state index in [4.69, 9.17) is 4.74 Å². The Morgan fingerprint density at radius 3 is 2.71 bits per heavy atom. The van der Waals surface area contributed by atoms with Crippen LogP contribution in [0.25, 0.3) is 0 Å². The molecule has 4 heteroatoms. The number of rotatable bonds is 3. The van der Waals surface area contributed by atoms with Crippen LogP contribution in [-0.4, -0.2) is 29.2 Å². The summed E-state index contributed by atoms with van der Waals surface area (Å²) in [5, 5.41) is 3.36. The minimum absolute atomic E-state index is 0.421. The van der Waals surface area contributed by atoms with Crippen LogP contribution in [0.4, 0.5) is 5.82 Å². The van der Waals surface area contributed by atoms with Crippen LogP contribution < -0.4 is 5.32 Å². The molecule has 2 rings (SSSR count). The smallest absolute Gasteiger partial charge is 0.147 e. The van der Waals surface area contributed by atoms with E-state index in [-0.39, 0.29) is 0 Å². The third-order valence-corrected chi connectivity index (χ3v) is 2.65. The van der Waals surface area contributed by atoms with Gasteiger partial charge in [0.25, 0.3) is 0 Å². The second kappa shape index (κ2) is 3.92. The third kappa shape index (κ3) is 1.85. The lowest BCUT2D eigenvalue weighted by Gasteiger charge is -2.35. The quantitative estimate of drug-likeness (QED) is 0.787. The summed E-state index contributed by atoms with van der Waals surface area (Å²) < 4.78 is 5.21. The van der Waals surface area contributed by atoms with Gasteiger partial charge in [-0.1, -0.05) is 0 Å². The summed E-state index contributed by atoms with van der Waals surface area (Å²) in [5.41, 5.74) is 0.952. The van der Waals surface area contributed by atoms with Crippen molar-refractivity contribution in [3.8, 4) is 0 Å². The lowest BCUT2D eigenvalue weighted by molar-refractivity contribution is 0.0327. The molecule has 0 aromatic carbocycles. The van der Waals surface area contributed by atoms with Crippen LogP contribution in [0.1, 0.15) is 18.5 Å². The molecular weight excluding hydrogens is 178 g/mol. The molecular formula is C10H15N3O. The molecule has 0 radical (unpaired) electrons. The molecule has 1 heterocycles. The topological polar surface area (TPSA) is 47.0 Å². The van der Waals surface area contributed by atoms with Gasteiger partial charge in [-0.15, -0.1) is 0 Å². The molecule has 1 N–H and O–H groups in total. The van der Waals surface area contributed by atoms with Crippen molar-refractivity contribution >= 4 is 5.82 Å². The summed E-state index contributed by atoms with van der Waals surface area (Å²) >= 11 is 0. The van der Waals surface area contributed by atoms with Crippen LogP contribution >= 0.6 is 0 Å². The molecule has 0 bridgehead atoms. The molecule has 0 atom stereocenters. The molecule has 1 fully saturated rings. The van der Waals surface area contributed by atoms with E-state index in [2.05, 4.69) is 15.3 Å². The summed E-state index contributed by atoms with van der Waals surface area (Å²) in [7, 11) is 1.76. The van der Waals surface area contributed by atoms with E-state index in [1.54, 1.807) is 19.5 Å². The van der Waals surface area contributed by atoms with Crippen molar-refractivity contribution in [3.63, 3.8) is 0 Å². The zero-order chi connectivity index (χ0) is 9.97. The Morgan fingerprint density at radius 2 is 2.07 bits per heavy atom. The molecule has 1 aliphatic carbocycles. The van der Waals surface area contributed by atoms with Crippen molar-refractivity contribution in [2.75, 3.05) is 12.4 Å². The maximum Gasteiger partial charge on any atom is 0.147 e. The molecule has 1 aromatic rings. The molecule has 0 unspecified atom stereocenters. The molecule has 1 aromatic heterocycles. The van der Waals surface area contributed by atoms with E-state index in [9.17, 15) is 0 Å². The Labute approximate surface area is 83.7 Å². The number of ether oxygens (including phenoxy) is 1. The molecule has 0 saturated heterocycles. The van der Waals surface area contributed by atoms with Crippen molar-refractivity contribution in [3.05, 3.63) is 18.1 Å². The molecule has 76 valence electrons. The maximum absolute atomic E-state index is 5.21. The van der Waals surface area contributed by atoms with E-state index >= 15 is 0 Å². The number of anilines is 1. The van der Waals surface area contributed by atoms with Crippen molar-refractivity contribution in [2.24, 2.45) is 0 Å². The summed E-state index contributed by atoms with van der Waals surface area (Å²) in [6.07, 6.45) is 5.96. The van der Waals surface area contributed by atoms with Gasteiger partial charge in [0.05, 0.1) is 11.8 Å². The van der Waals surface area contributed by atoms with Gasteiger partial charge in [-0.3, -0.25) is 4.98 Å². The second-order valence-electron chi connectivity index (χ2n) is 3.66. The molecule has 0 amide bonds. The number of methoxy groups -OCH3 is 1. The highest BCUT2D eigenvalue weighted by Gasteiger charge is 2.29. The highest BCUT2D eigenvalue weighted by atomic mass is 16.5. The van der Waals surface area contributed by atoms with E-state index in [1.165, 1.54) is 0 Å². The molecule has 1 aliphatic rings. The number of hydrogen-bond donors (Lipinski definition) is 1. The predicted molar refractivity (Wildman–Crippen MR) is 54.2 cm³/mol. The van der Waals surface area contributed by atoms with E-state index < -0.39 is 0 Å². The fourth-order valence-corrected chi connectivity index (χ4v) is 1.62. The van der Waals surface area contributed by atoms with Crippen molar-refractivity contribution < 1.29 is 4.74 Å². The lowest BCUT2D eigenvalue weighted by Crippen LogP contribution is -2.40. The number of nitrogens with zero attached hydrogens (tertiary/aromatic N) is 2. The van der Waals surface area contributed by atoms with Crippen molar-refractivity contribution in [1.82, 2.24) is 9.97 Å². The van der Waals surface area contributed by atoms with Gasteiger partial charge in [-0.25, -0.2) is 4.98 Å². The fraction of sp³-hybridized carbons (Fsp3) is 0.600.